The summed E-state index contributed by atoms with van der Waals surface area (Å²) in [5.74, 6) is -0.0117. The molecule has 0 aromatic rings. The van der Waals surface area contributed by atoms with Crippen LogP contribution in [0.25, 0.3) is 0 Å². The Bertz CT molecular complexity index is 423. The molecule has 1 N–H and O–H groups in total. The van der Waals surface area contributed by atoms with E-state index in [0.29, 0.717) is 6.42 Å². The number of carbonyl (C=O) groups is 1. The molecule has 0 spiro atoms. The first-order chi connectivity index (χ1) is 10.1. The summed E-state index contributed by atoms with van der Waals surface area (Å²) >= 11 is 0. The Morgan fingerprint density at radius 1 is 1.29 bits per heavy atom. The molecule has 1 amide bonds. The number of nitrogens with zero attached hydrogens (tertiary/aromatic N) is 2. The second-order valence-corrected chi connectivity index (χ2v) is 7.05. The van der Waals surface area contributed by atoms with Crippen molar-refractivity contribution in [1.29, 1.82) is 0 Å². The fraction of sp³-hybridized carbons (Fsp3) is 0.875. The monoisotopic (exact) mass is 293 g/mol. The van der Waals surface area contributed by atoms with Gasteiger partial charge in [-0.1, -0.05) is 18.0 Å². The van der Waals surface area contributed by atoms with Crippen molar-refractivity contribution in [2.45, 2.75) is 76.5 Å². The van der Waals surface area contributed by atoms with Crippen LogP contribution in [0.2, 0.25) is 0 Å². The van der Waals surface area contributed by atoms with Crippen LogP contribution < -0.4 is 5.32 Å². The number of nitrogens with one attached hydrogen (secondary N) is 1. The quantitative estimate of drug-likeness (QED) is 0.866. The van der Waals surface area contributed by atoms with Crippen LogP contribution in [0, 0.1) is 0 Å². The molecule has 0 aromatic heterocycles. The van der Waals surface area contributed by atoms with Crippen LogP contribution in [-0.2, 0) is 9.63 Å². The van der Waals surface area contributed by atoms with Gasteiger partial charge in [0, 0.05) is 31.6 Å². The summed E-state index contributed by atoms with van der Waals surface area (Å²) in [4.78, 5) is 20.3. The highest BCUT2D eigenvalue weighted by Crippen LogP contribution is 2.27. The van der Waals surface area contributed by atoms with E-state index < -0.39 is 5.60 Å². The van der Waals surface area contributed by atoms with E-state index in [1.165, 1.54) is 25.7 Å². The summed E-state index contributed by atoms with van der Waals surface area (Å²) < 4.78 is 0. The Labute approximate surface area is 127 Å². The van der Waals surface area contributed by atoms with Crippen LogP contribution >= 0.6 is 0 Å². The maximum Gasteiger partial charge on any atom is 0.267 e. The number of likely N-dealkylation sites (tertiary alicyclic amines) is 1. The topological polar surface area (TPSA) is 53.9 Å². The average molecular weight is 293 g/mol. The third-order valence-electron chi connectivity index (χ3n) is 5.18. The molecule has 0 radical (unpaired) electrons. The standard InChI is InChI=1S/C16H27N3O2/c1-12-11-16(2,21-18-12)15(20)17-13-7-9-19(10-8-13)14-5-3-4-6-14/h13-14H,3-11H2,1-2H3,(H,17,20)/t16-/m1/s1. The van der Waals surface area contributed by atoms with E-state index in [0.717, 1.165) is 37.7 Å². The van der Waals surface area contributed by atoms with Crippen LogP contribution in [-0.4, -0.2) is 47.3 Å². The van der Waals surface area contributed by atoms with Crippen molar-refractivity contribution in [3.63, 3.8) is 0 Å². The van der Waals surface area contributed by atoms with Gasteiger partial charge in [-0.2, -0.15) is 0 Å². The molecule has 0 unspecified atom stereocenters. The molecule has 5 nitrogen and oxygen atoms in total. The molecule has 1 atom stereocenters. The lowest BCUT2D eigenvalue weighted by Gasteiger charge is -2.37. The van der Waals surface area contributed by atoms with Crippen molar-refractivity contribution in [2.24, 2.45) is 5.16 Å². The molecule has 118 valence electrons. The number of rotatable bonds is 3. The van der Waals surface area contributed by atoms with Crippen molar-refractivity contribution < 1.29 is 9.63 Å². The predicted molar refractivity (Wildman–Crippen MR) is 82.2 cm³/mol. The molecule has 3 aliphatic rings. The zero-order valence-electron chi connectivity index (χ0n) is 13.2. The van der Waals surface area contributed by atoms with E-state index in [2.05, 4.69) is 15.4 Å². The molecular weight excluding hydrogens is 266 g/mol. The molecule has 2 fully saturated rings. The molecule has 1 saturated carbocycles. The molecule has 1 saturated heterocycles. The van der Waals surface area contributed by atoms with Crippen LogP contribution in [0.15, 0.2) is 5.16 Å². The molecule has 1 aliphatic carbocycles. The fourth-order valence-corrected chi connectivity index (χ4v) is 3.87. The number of hydrogen-bond acceptors (Lipinski definition) is 4. The van der Waals surface area contributed by atoms with Gasteiger partial charge in [-0.3, -0.25) is 4.79 Å². The molecule has 0 aromatic carbocycles. The second kappa shape index (κ2) is 5.95. The largest absolute Gasteiger partial charge is 0.379 e. The summed E-state index contributed by atoms with van der Waals surface area (Å²) in [6, 6.07) is 1.09. The molecule has 0 bridgehead atoms. The van der Waals surface area contributed by atoms with E-state index >= 15 is 0 Å². The first kappa shape index (κ1) is 14.8. The van der Waals surface area contributed by atoms with Crippen molar-refractivity contribution >= 4 is 11.6 Å². The van der Waals surface area contributed by atoms with Crippen LogP contribution in [0.3, 0.4) is 0 Å². The van der Waals surface area contributed by atoms with Gasteiger partial charge < -0.3 is 15.1 Å². The lowest BCUT2D eigenvalue weighted by atomic mass is 9.97. The number of carbonyl (C=O) groups excluding carboxylic acids is 1. The van der Waals surface area contributed by atoms with Crippen LogP contribution in [0.4, 0.5) is 0 Å². The van der Waals surface area contributed by atoms with E-state index in [1.807, 2.05) is 13.8 Å². The lowest BCUT2D eigenvalue weighted by Crippen LogP contribution is -2.52. The zero-order chi connectivity index (χ0) is 14.9. The van der Waals surface area contributed by atoms with Gasteiger partial charge >= 0.3 is 0 Å². The molecule has 5 heteroatoms. The zero-order valence-corrected chi connectivity index (χ0v) is 13.2. The molecule has 3 rings (SSSR count). The van der Waals surface area contributed by atoms with Gasteiger partial charge in [-0.15, -0.1) is 0 Å². The third-order valence-corrected chi connectivity index (χ3v) is 5.18. The minimum absolute atomic E-state index is 0.0117. The Kier molecular flexibility index (Phi) is 4.20. The maximum absolute atomic E-state index is 12.4. The van der Waals surface area contributed by atoms with Gasteiger partial charge in [0.1, 0.15) is 0 Å². The third kappa shape index (κ3) is 3.23. The Morgan fingerprint density at radius 3 is 2.52 bits per heavy atom. The number of amides is 1. The number of hydrogen-bond donors (Lipinski definition) is 1. The lowest BCUT2D eigenvalue weighted by molar-refractivity contribution is -0.142. The summed E-state index contributed by atoms with van der Waals surface area (Å²) in [6.07, 6.45) is 8.20. The summed E-state index contributed by atoms with van der Waals surface area (Å²) in [6.45, 7) is 5.96. The highest BCUT2D eigenvalue weighted by Gasteiger charge is 2.41. The van der Waals surface area contributed by atoms with E-state index in [1.54, 1.807) is 0 Å². The van der Waals surface area contributed by atoms with E-state index in [-0.39, 0.29) is 11.9 Å². The van der Waals surface area contributed by atoms with Crippen molar-refractivity contribution in [3.05, 3.63) is 0 Å². The van der Waals surface area contributed by atoms with E-state index in [9.17, 15) is 4.79 Å². The first-order valence-corrected chi connectivity index (χ1v) is 8.33. The average Bonchev–Trinajstić information content (AvgIpc) is 3.10. The summed E-state index contributed by atoms with van der Waals surface area (Å²) in [5, 5.41) is 7.08. The van der Waals surface area contributed by atoms with Crippen LogP contribution in [0.1, 0.15) is 58.8 Å². The highest BCUT2D eigenvalue weighted by atomic mass is 16.7. The SMILES string of the molecule is CC1=NO[C@@](C)(C(=O)NC2CCN(C3CCCC3)CC2)C1. The van der Waals surface area contributed by atoms with Gasteiger partial charge in [0.2, 0.25) is 5.60 Å². The first-order valence-electron chi connectivity index (χ1n) is 8.33. The van der Waals surface area contributed by atoms with Crippen LogP contribution in [0.5, 0.6) is 0 Å². The van der Waals surface area contributed by atoms with E-state index in [4.69, 9.17) is 4.84 Å². The normalized spacial score (nSPS) is 32.0. The minimum atomic E-state index is -0.799. The molecular formula is C16H27N3O2. The smallest absolute Gasteiger partial charge is 0.267 e. The summed E-state index contributed by atoms with van der Waals surface area (Å²) in [7, 11) is 0. The van der Waals surface area contributed by atoms with Gasteiger partial charge in [0.25, 0.3) is 5.91 Å². The van der Waals surface area contributed by atoms with Crippen molar-refractivity contribution in [2.75, 3.05) is 13.1 Å². The molecule has 2 aliphatic heterocycles. The van der Waals surface area contributed by atoms with Gasteiger partial charge in [-0.05, 0) is 39.5 Å². The summed E-state index contributed by atoms with van der Waals surface area (Å²) in [5.41, 5.74) is 0.0934. The maximum atomic E-state index is 12.4. The number of piperidine rings is 1. The fourth-order valence-electron chi connectivity index (χ4n) is 3.87. The number of oxime groups is 1. The van der Waals surface area contributed by atoms with Gasteiger partial charge in [0.15, 0.2) is 0 Å². The van der Waals surface area contributed by atoms with Crippen molar-refractivity contribution in [3.8, 4) is 0 Å². The van der Waals surface area contributed by atoms with Gasteiger partial charge in [-0.25, -0.2) is 0 Å². The Hall–Kier alpha value is -1.10. The van der Waals surface area contributed by atoms with Crippen molar-refractivity contribution in [1.82, 2.24) is 10.2 Å². The highest BCUT2D eigenvalue weighted by molar-refractivity contribution is 5.94. The molecule has 21 heavy (non-hydrogen) atoms. The second-order valence-electron chi connectivity index (χ2n) is 7.05. The Balaban J connectivity index is 1.46. The predicted octanol–water partition coefficient (Wildman–Crippen LogP) is 2.06. The minimum Gasteiger partial charge on any atom is -0.379 e. The molecule has 2 heterocycles. The van der Waals surface area contributed by atoms with Gasteiger partial charge in [0.05, 0.1) is 5.71 Å². The Morgan fingerprint density at radius 2 is 1.95 bits per heavy atom.